The molecule has 6 heteroatoms. The quantitative estimate of drug-likeness (QED) is 0.856. The Hall–Kier alpha value is -1.79. The van der Waals surface area contributed by atoms with Crippen LogP contribution in [0, 0.1) is 0 Å². The molecule has 2 aromatic heterocycles. The molecular weight excluding hydrogens is 286 g/mol. The number of aliphatic hydroxyl groups is 1. The molecule has 0 atom stereocenters. The molecule has 0 unspecified atom stereocenters. The topological polar surface area (TPSA) is 75.1 Å². The number of hydrogen-bond donors (Lipinski definition) is 2. The van der Waals surface area contributed by atoms with Crippen molar-refractivity contribution in [1.82, 2.24) is 15.3 Å². The van der Waals surface area contributed by atoms with Crippen LogP contribution in [0.5, 0.6) is 0 Å². The normalized spacial score (nSPS) is 11.4. The van der Waals surface area contributed by atoms with Crippen LogP contribution in [0.2, 0.25) is 0 Å². The summed E-state index contributed by atoms with van der Waals surface area (Å²) >= 11 is 1.56. The Kier molecular flexibility index (Phi) is 5.03. The number of carbonyl (C=O) groups excluding carboxylic acids is 1. The van der Waals surface area contributed by atoms with Gasteiger partial charge in [-0.05, 0) is 32.4 Å². The number of nitrogens with zero attached hydrogens (tertiary/aromatic N) is 2. The third-order valence-corrected chi connectivity index (χ3v) is 3.75. The van der Waals surface area contributed by atoms with E-state index in [2.05, 4.69) is 15.3 Å². The van der Waals surface area contributed by atoms with Gasteiger partial charge in [0, 0.05) is 36.3 Å². The van der Waals surface area contributed by atoms with Gasteiger partial charge in [0.05, 0.1) is 11.3 Å². The minimum Gasteiger partial charge on any atom is -0.389 e. The highest BCUT2D eigenvalue weighted by atomic mass is 32.1. The lowest BCUT2D eigenvalue weighted by Gasteiger charge is -2.17. The first kappa shape index (κ1) is 15.6. The van der Waals surface area contributed by atoms with E-state index in [1.807, 2.05) is 17.5 Å². The maximum Gasteiger partial charge on any atom is 0.220 e. The van der Waals surface area contributed by atoms with Crippen molar-refractivity contribution in [3.05, 3.63) is 35.6 Å². The Morgan fingerprint density at radius 1 is 1.38 bits per heavy atom. The van der Waals surface area contributed by atoms with E-state index in [-0.39, 0.29) is 12.5 Å². The van der Waals surface area contributed by atoms with Crippen LogP contribution in [0.1, 0.15) is 26.0 Å². The Bertz CT molecular complexity index is 590. The van der Waals surface area contributed by atoms with Gasteiger partial charge in [0.25, 0.3) is 0 Å². The fraction of sp³-hybridized carbons (Fsp3) is 0.400. The van der Waals surface area contributed by atoms with Crippen molar-refractivity contribution in [2.24, 2.45) is 0 Å². The van der Waals surface area contributed by atoms with Gasteiger partial charge in [-0.25, -0.2) is 4.98 Å². The van der Waals surface area contributed by atoms with Gasteiger partial charge in [0.1, 0.15) is 5.01 Å². The van der Waals surface area contributed by atoms with Crippen LogP contribution in [-0.2, 0) is 11.2 Å². The zero-order chi connectivity index (χ0) is 15.3. The summed E-state index contributed by atoms with van der Waals surface area (Å²) in [6.07, 6.45) is 4.44. The summed E-state index contributed by atoms with van der Waals surface area (Å²) in [4.78, 5) is 20.2. The highest BCUT2D eigenvalue weighted by molar-refractivity contribution is 7.13. The molecule has 0 aliphatic rings. The van der Waals surface area contributed by atoms with E-state index in [1.54, 1.807) is 37.6 Å². The Labute approximate surface area is 128 Å². The van der Waals surface area contributed by atoms with Crippen LogP contribution in [0.4, 0.5) is 0 Å². The zero-order valence-electron chi connectivity index (χ0n) is 12.2. The molecular formula is C15H19N3O2S. The van der Waals surface area contributed by atoms with Gasteiger partial charge >= 0.3 is 0 Å². The van der Waals surface area contributed by atoms with Gasteiger partial charge in [0.2, 0.25) is 5.91 Å². The number of nitrogens with one attached hydrogen (secondary N) is 1. The molecule has 2 heterocycles. The molecule has 112 valence electrons. The minimum absolute atomic E-state index is 0.0735. The number of aromatic nitrogens is 2. The Morgan fingerprint density at radius 2 is 2.10 bits per heavy atom. The van der Waals surface area contributed by atoms with Crippen molar-refractivity contribution in [2.45, 2.75) is 32.3 Å². The van der Waals surface area contributed by atoms with E-state index in [0.29, 0.717) is 12.8 Å². The van der Waals surface area contributed by atoms with Crippen molar-refractivity contribution < 1.29 is 9.90 Å². The minimum atomic E-state index is -0.884. The van der Waals surface area contributed by atoms with E-state index < -0.39 is 5.60 Å². The summed E-state index contributed by atoms with van der Waals surface area (Å²) in [5.41, 5.74) is 1.06. The first-order valence-corrected chi connectivity index (χ1v) is 7.66. The molecule has 5 nitrogen and oxygen atoms in total. The molecule has 0 aromatic carbocycles. The van der Waals surface area contributed by atoms with Gasteiger partial charge in [-0.15, -0.1) is 11.3 Å². The van der Waals surface area contributed by atoms with Crippen LogP contribution in [0.15, 0.2) is 29.9 Å². The van der Waals surface area contributed by atoms with Crippen molar-refractivity contribution in [2.75, 3.05) is 6.54 Å². The molecule has 1 amide bonds. The lowest BCUT2D eigenvalue weighted by Crippen LogP contribution is -2.38. The van der Waals surface area contributed by atoms with Crippen LogP contribution >= 0.6 is 11.3 Å². The SMILES string of the molecule is CC(C)(O)CNC(=O)CCc1csc(-c2ccncc2)n1. The zero-order valence-corrected chi connectivity index (χ0v) is 13.0. The molecule has 2 rings (SSSR count). The second-order valence-corrected chi connectivity index (χ2v) is 6.33. The number of rotatable bonds is 6. The average molecular weight is 305 g/mol. The highest BCUT2D eigenvalue weighted by Gasteiger charge is 2.14. The summed E-state index contributed by atoms with van der Waals surface area (Å²) in [5.74, 6) is -0.0735. The summed E-state index contributed by atoms with van der Waals surface area (Å²) < 4.78 is 0. The van der Waals surface area contributed by atoms with Crippen molar-refractivity contribution in [3.63, 3.8) is 0 Å². The molecule has 2 aromatic rings. The largest absolute Gasteiger partial charge is 0.389 e. The third-order valence-electron chi connectivity index (χ3n) is 2.81. The Morgan fingerprint density at radius 3 is 2.76 bits per heavy atom. The predicted molar refractivity (Wildman–Crippen MR) is 83.0 cm³/mol. The fourth-order valence-electron chi connectivity index (χ4n) is 1.69. The van der Waals surface area contributed by atoms with Gasteiger partial charge < -0.3 is 10.4 Å². The van der Waals surface area contributed by atoms with Crippen LogP contribution < -0.4 is 5.32 Å². The van der Waals surface area contributed by atoms with E-state index in [1.165, 1.54) is 0 Å². The first-order valence-electron chi connectivity index (χ1n) is 6.78. The molecule has 0 aliphatic carbocycles. The third kappa shape index (κ3) is 5.24. The number of hydrogen-bond acceptors (Lipinski definition) is 5. The summed E-state index contributed by atoms with van der Waals surface area (Å²) in [6, 6.07) is 3.83. The maximum atomic E-state index is 11.7. The van der Waals surface area contributed by atoms with E-state index >= 15 is 0 Å². The molecule has 0 aliphatic heterocycles. The fourth-order valence-corrected chi connectivity index (χ4v) is 2.55. The average Bonchev–Trinajstić information content (AvgIpc) is 2.92. The Balaban J connectivity index is 1.85. The van der Waals surface area contributed by atoms with Gasteiger partial charge in [0.15, 0.2) is 0 Å². The lowest BCUT2D eigenvalue weighted by atomic mass is 10.1. The number of thiazole rings is 1. The smallest absolute Gasteiger partial charge is 0.220 e. The molecule has 0 radical (unpaired) electrons. The maximum absolute atomic E-state index is 11.7. The van der Waals surface area contributed by atoms with Crippen molar-refractivity contribution in [3.8, 4) is 10.6 Å². The number of carbonyl (C=O) groups is 1. The molecule has 21 heavy (non-hydrogen) atoms. The molecule has 0 saturated heterocycles. The van der Waals surface area contributed by atoms with Crippen molar-refractivity contribution in [1.29, 1.82) is 0 Å². The lowest BCUT2D eigenvalue weighted by molar-refractivity contribution is -0.122. The molecule has 0 bridgehead atoms. The first-order chi connectivity index (χ1) is 9.94. The highest BCUT2D eigenvalue weighted by Crippen LogP contribution is 2.23. The predicted octanol–water partition coefficient (Wildman–Crippen LogP) is 2.02. The number of pyridine rings is 1. The molecule has 0 fully saturated rings. The number of aryl methyl sites for hydroxylation is 1. The number of amides is 1. The van der Waals surface area contributed by atoms with Crippen LogP contribution in [0.25, 0.3) is 10.6 Å². The molecule has 2 N–H and O–H groups in total. The molecule has 0 spiro atoms. The van der Waals surface area contributed by atoms with Gasteiger partial charge in [-0.2, -0.15) is 0 Å². The van der Waals surface area contributed by atoms with Crippen LogP contribution in [-0.4, -0.2) is 33.1 Å². The van der Waals surface area contributed by atoms with Gasteiger partial charge in [-0.1, -0.05) is 0 Å². The summed E-state index contributed by atoms with van der Waals surface area (Å²) in [5, 5.41) is 15.2. The summed E-state index contributed by atoms with van der Waals surface area (Å²) in [7, 11) is 0. The summed E-state index contributed by atoms with van der Waals surface area (Å²) in [6.45, 7) is 3.58. The van der Waals surface area contributed by atoms with E-state index in [0.717, 1.165) is 16.3 Å². The standard InChI is InChI=1S/C15H19N3O2S/c1-15(2,20)10-17-13(19)4-3-12-9-21-14(18-12)11-5-7-16-8-6-11/h5-9,20H,3-4,10H2,1-2H3,(H,17,19). The second-order valence-electron chi connectivity index (χ2n) is 5.47. The monoisotopic (exact) mass is 305 g/mol. The van der Waals surface area contributed by atoms with E-state index in [9.17, 15) is 9.90 Å². The van der Waals surface area contributed by atoms with E-state index in [4.69, 9.17) is 0 Å². The molecule has 0 saturated carbocycles. The second kappa shape index (κ2) is 6.78. The van der Waals surface area contributed by atoms with Gasteiger partial charge in [-0.3, -0.25) is 9.78 Å². The van der Waals surface area contributed by atoms with Crippen LogP contribution in [0.3, 0.4) is 0 Å². The van der Waals surface area contributed by atoms with Crippen molar-refractivity contribution >= 4 is 17.2 Å².